The first-order chi connectivity index (χ1) is 10.9. The normalized spacial score (nSPS) is 21.0. The molecule has 2 aliphatic rings. The van der Waals surface area contributed by atoms with Gasteiger partial charge in [0.1, 0.15) is 0 Å². The van der Waals surface area contributed by atoms with Gasteiger partial charge < -0.3 is 15.1 Å². The number of fused-ring (bicyclic) bond motifs is 1. The van der Waals surface area contributed by atoms with E-state index >= 15 is 0 Å². The van der Waals surface area contributed by atoms with Crippen molar-refractivity contribution in [1.29, 1.82) is 0 Å². The van der Waals surface area contributed by atoms with E-state index in [9.17, 15) is 0 Å². The molecule has 1 fully saturated rings. The molecule has 0 aliphatic carbocycles. The number of para-hydroxylation sites is 2. The van der Waals surface area contributed by atoms with Crippen molar-refractivity contribution in [3.05, 3.63) is 60.2 Å². The molecular formula is C19H23N3. The van der Waals surface area contributed by atoms with Crippen LogP contribution in [0.4, 0.5) is 11.4 Å². The Balaban J connectivity index is 1.61. The average molecular weight is 293 g/mol. The molecule has 114 valence electrons. The Labute approximate surface area is 132 Å². The van der Waals surface area contributed by atoms with Crippen LogP contribution in [-0.2, 0) is 6.54 Å². The summed E-state index contributed by atoms with van der Waals surface area (Å²) >= 11 is 0. The zero-order chi connectivity index (χ0) is 14.8. The fourth-order valence-electron chi connectivity index (χ4n) is 3.70. The van der Waals surface area contributed by atoms with Crippen molar-refractivity contribution in [1.82, 2.24) is 5.32 Å². The van der Waals surface area contributed by atoms with Gasteiger partial charge in [0.15, 0.2) is 0 Å². The molecule has 0 saturated carbocycles. The van der Waals surface area contributed by atoms with E-state index in [1.54, 1.807) is 0 Å². The van der Waals surface area contributed by atoms with Gasteiger partial charge in [-0.15, -0.1) is 0 Å². The molecule has 1 N–H and O–H groups in total. The van der Waals surface area contributed by atoms with Gasteiger partial charge in [-0.3, -0.25) is 0 Å². The first-order valence-electron chi connectivity index (χ1n) is 8.27. The van der Waals surface area contributed by atoms with E-state index in [1.165, 1.54) is 23.4 Å². The molecule has 0 amide bonds. The Morgan fingerprint density at radius 2 is 1.68 bits per heavy atom. The molecule has 3 heteroatoms. The lowest BCUT2D eigenvalue weighted by molar-refractivity contribution is 0.602. The van der Waals surface area contributed by atoms with Crippen molar-refractivity contribution < 1.29 is 0 Å². The highest BCUT2D eigenvalue weighted by atomic mass is 15.3. The summed E-state index contributed by atoms with van der Waals surface area (Å²) in [4.78, 5) is 5.13. The Kier molecular flexibility index (Phi) is 3.73. The average Bonchev–Trinajstić information content (AvgIpc) is 3.10. The minimum atomic E-state index is 0.653. The number of hydrogen-bond donors (Lipinski definition) is 1. The second-order valence-corrected chi connectivity index (χ2v) is 6.24. The summed E-state index contributed by atoms with van der Waals surface area (Å²) in [6.45, 7) is 5.48. The zero-order valence-corrected chi connectivity index (χ0v) is 12.9. The highest BCUT2D eigenvalue weighted by Gasteiger charge is 2.29. The highest BCUT2D eigenvalue weighted by molar-refractivity contribution is 5.74. The van der Waals surface area contributed by atoms with Crippen LogP contribution in [0.15, 0.2) is 54.6 Å². The van der Waals surface area contributed by atoms with Crippen LogP contribution >= 0.6 is 0 Å². The van der Waals surface area contributed by atoms with Gasteiger partial charge in [-0.05, 0) is 30.7 Å². The third-order valence-electron chi connectivity index (χ3n) is 4.83. The zero-order valence-electron chi connectivity index (χ0n) is 12.9. The predicted octanol–water partition coefficient (Wildman–Crippen LogP) is 2.88. The van der Waals surface area contributed by atoms with Gasteiger partial charge in [-0.25, -0.2) is 0 Å². The molecule has 0 spiro atoms. The summed E-state index contributed by atoms with van der Waals surface area (Å²) in [7, 11) is 0. The maximum absolute atomic E-state index is 3.50. The van der Waals surface area contributed by atoms with E-state index in [4.69, 9.17) is 0 Å². The van der Waals surface area contributed by atoms with Gasteiger partial charge in [0.25, 0.3) is 0 Å². The smallest absolute Gasteiger partial charge is 0.0607 e. The minimum Gasteiger partial charge on any atom is -0.364 e. The van der Waals surface area contributed by atoms with Crippen molar-refractivity contribution in [2.24, 2.45) is 0 Å². The number of rotatable bonds is 3. The first-order valence-corrected chi connectivity index (χ1v) is 8.27. The Hall–Kier alpha value is -2.00. The molecule has 22 heavy (non-hydrogen) atoms. The number of benzene rings is 2. The van der Waals surface area contributed by atoms with Gasteiger partial charge in [0.2, 0.25) is 0 Å². The lowest BCUT2D eigenvalue weighted by atomic mass is 10.1. The van der Waals surface area contributed by atoms with Gasteiger partial charge in [0.05, 0.1) is 11.4 Å². The second-order valence-electron chi connectivity index (χ2n) is 6.24. The van der Waals surface area contributed by atoms with Crippen LogP contribution in [0.3, 0.4) is 0 Å². The Morgan fingerprint density at radius 1 is 0.909 bits per heavy atom. The molecule has 1 saturated heterocycles. The molecule has 2 aromatic carbocycles. The van der Waals surface area contributed by atoms with E-state index in [0.717, 1.165) is 32.7 Å². The van der Waals surface area contributed by atoms with Crippen LogP contribution in [0.1, 0.15) is 12.0 Å². The monoisotopic (exact) mass is 293 g/mol. The van der Waals surface area contributed by atoms with Crippen molar-refractivity contribution in [3.8, 4) is 0 Å². The van der Waals surface area contributed by atoms with Crippen LogP contribution in [-0.4, -0.2) is 32.2 Å². The number of nitrogens with zero attached hydrogens (tertiary/aromatic N) is 2. The van der Waals surface area contributed by atoms with E-state index in [2.05, 4.69) is 69.7 Å². The van der Waals surface area contributed by atoms with Crippen molar-refractivity contribution in [2.45, 2.75) is 19.0 Å². The molecule has 3 nitrogen and oxygen atoms in total. The number of anilines is 2. The molecule has 0 bridgehead atoms. The summed E-state index contributed by atoms with van der Waals surface area (Å²) in [5.74, 6) is 0. The molecule has 2 heterocycles. The van der Waals surface area contributed by atoms with E-state index in [1.807, 2.05) is 0 Å². The number of nitrogens with one attached hydrogen (secondary N) is 1. The van der Waals surface area contributed by atoms with Gasteiger partial charge in [0, 0.05) is 32.2 Å². The van der Waals surface area contributed by atoms with Crippen LogP contribution in [0, 0.1) is 0 Å². The molecule has 2 aromatic rings. The molecule has 0 radical (unpaired) electrons. The molecule has 1 atom stereocenters. The third kappa shape index (κ3) is 2.57. The van der Waals surface area contributed by atoms with E-state index < -0.39 is 0 Å². The van der Waals surface area contributed by atoms with Gasteiger partial charge in [-0.1, -0.05) is 42.5 Å². The largest absolute Gasteiger partial charge is 0.364 e. The van der Waals surface area contributed by atoms with Crippen LogP contribution in [0.25, 0.3) is 0 Å². The maximum atomic E-state index is 3.50. The minimum absolute atomic E-state index is 0.653. The van der Waals surface area contributed by atoms with Crippen molar-refractivity contribution >= 4 is 11.4 Å². The molecule has 4 rings (SSSR count). The molecular weight excluding hydrogens is 270 g/mol. The molecule has 1 unspecified atom stereocenters. The fourth-order valence-corrected chi connectivity index (χ4v) is 3.70. The SMILES string of the molecule is c1ccc(CN2CCN(C3CCNC3)c3ccccc32)cc1. The standard InChI is InChI=1S/C19H23N3/c1-2-6-16(7-3-1)15-21-12-13-22(17-10-11-20-14-17)19-9-5-4-8-18(19)21/h1-9,17,20H,10-15H2. The summed E-state index contributed by atoms with van der Waals surface area (Å²) in [5, 5.41) is 3.50. The van der Waals surface area contributed by atoms with Crippen LogP contribution in [0.5, 0.6) is 0 Å². The lowest BCUT2D eigenvalue weighted by Crippen LogP contribution is -2.46. The van der Waals surface area contributed by atoms with Gasteiger partial charge in [-0.2, -0.15) is 0 Å². The predicted molar refractivity (Wildman–Crippen MR) is 92.6 cm³/mol. The maximum Gasteiger partial charge on any atom is 0.0607 e. The molecule has 0 aromatic heterocycles. The van der Waals surface area contributed by atoms with Crippen LogP contribution < -0.4 is 15.1 Å². The van der Waals surface area contributed by atoms with Crippen molar-refractivity contribution in [2.75, 3.05) is 36.0 Å². The second kappa shape index (κ2) is 6.01. The summed E-state index contributed by atoms with van der Waals surface area (Å²) in [6.07, 6.45) is 1.26. The lowest BCUT2D eigenvalue weighted by Gasteiger charge is -2.41. The summed E-state index contributed by atoms with van der Waals surface area (Å²) in [5.41, 5.74) is 4.16. The van der Waals surface area contributed by atoms with Crippen LogP contribution in [0.2, 0.25) is 0 Å². The quantitative estimate of drug-likeness (QED) is 0.939. The van der Waals surface area contributed by atoms with Gasteiger partial charge >= 0.3 is 0 Å². The number of hydrogen-bond acceptors (Lipinski definition) is 3. The highest BCUT2D eigenvalue weighted by Crippen LogP contribution is 2.35. The molecule has 2 aliphatic heterocycles. The third-order valence-corrected chi connectivity index (χ3v) is 4.83. The Morgan fingerprint density at radius 3 is 2.45 bits per heavy atom. The Bertz CT molecular complexity index is 620. The first kappa shape index (κ1) is 13.6. The van der Waals surface area contributed by atoms with Crippen molar-refractivity contribution in [3.63, 3.8) is 0 Å². The van der Waals surface area contributed by atoms with E-state index in [0.29, 0.717) is 6.04 Å². The fraction of sp³-hybridized carbons (Fsp3) is 0.368. The van der Waals surface area contributed by atoms with E-state index in [-0.39, 0.29) is 0 Å². The summed E-state index contributed by atoms with van der Waals surface area (Å²) < 4.78 is 0. The summed E-state index contributed by atoms with van der Waals surface area (Å²) in [6, 6.07) is 20.3. The topological polar surface area (TPSA) is 18.5 Å².